The van der Waals surface area contributed by atoms with E-state index in [-0.39, 0.29) is 5.82 Å². The molecule has 0 aliphatic carbocycles. The van der Waals surface area contributed by atoms with Crippen molar-refractivity contribution in [3.8, 4) is 0 Å². The Balaban J connectivity index is 2.77. The first kappa shape index (κ1) is 8.74. The molecule has 2 N–H and O–H groups in total. The molecule has 2 heterocycles. The highest BCUT2D eigenvalue weighted by molar-refractivity contribution is 5.61. The van der Waals surface area contributed by atoms with Crippen LogP contribution in [0.3, 0.4) is 0 Å². The number of imidazole rings is 1. The summed E-state index contributed by atoms with van der Waals surface area (Å²) >= 11 is 0. The maximum absolute atomic E-state index is 13.4. The van der Waals surface area contributed by atoms with Gasteiger partial charge in [-0.1, -0.05) is 6.58 Å². The minimum absolute atomic E-state index is 0.313. The molecule has 0 unspecified atom stereocenters. The smallest absolute Gasteiger partial charge is 0.173 e. The van der Waals surface area contributed by atoms with Gasteiger partial charge in [-0.05, 0) is 13.0 Å². The number of nitrogens with zero attached hydrogens (tertiary/aromatic N) is 2. The van der Waals surface area contributed by atoms with Crippen LogP contribution in [0.5, 0.6) is 0 Å². The summed E-state index contributed by atoms with van der Waals surface area (Å²) in [7, 11) is 0. The van der Waals surface area contributed by atoms with Crippen LogP contribution in [-0.4, -0.2) is 9.38 Å². The second-order valence-electron chi connectivity index (χ2n) is 3.22. The lowest BCUT2D eigenvalue weighted by Gasteiger charge is -2.01. The molecule has 0 aromatic carbocycles. The highest BCUT2D eigenvalue weighted by Gasteiger charge is 2.06. The molecule has 72 valence electrons. The Morgan fingerprint density at radius 3 is 2.93 bits per heavy atom. The number of hydrogen-bond donors (Lipinski definition) is 1. The standard InChI is InChI=1S/C10H10FN3/c1-6-4-14-5-8(7(2)12)3-9(11)10(14)13-6/h3-5H,2,12H2,1H3. The molecule has 14 heavy (non-hydrogen) atoms. The van der Waals surface area contributed by atoms with Crippen LogP contribution < -0.4 is 5.73 Å². The topological polar surface area (TPSA) is 43.3 Å². The van der Waals surface area contributed by atoms with Gasteiger partial charge in [0.25, 0.3) is 0 Å². The third-order valence-corrected chi connectivity index (χ3v) is 2.00. The Hall–Kier alpha value is -1.84. The fourth-order valence-corrected chi connectivity index (χ4v) is 1.36. The van der Waals surface area contributed by atoms with Crippen LogP contribution in [0.25, 0.3) is 11.3 Å². The molecule has 0 aliphatic heterocycles. The summed E-state index contributed by atoms with van der Waals surface area (Å²) in [5.74, 6) is -0.387. The van der Waals surface area contributed by atoms with E-state index in [1.807, 2.05) is 6.92 Å². The molecule has 0 saturated carbocycles. The van der Waals surface area contributed by atoms with E-state index in [2.05, 4.69) is 11.6 Å². The van der Waals surface area contributed by atoms with Gasteiger partial charge in [-0.2, -0.15) is 0 Å². The van der Waals surface area contributed by atoms with Gasteiger partial charge >= 0.3 is 0 Å². The molecule has 2 rings (SSSR count). The Kier molecular flexibility index (Phi) is 1.77. The molecule has 2 aromatic rings. The molecule has 0 saturated heterocycles. The number of fused-ring (bicyclic) bond motifs is 1. The van der Waals surface area contributed by atoms with E-state index in [1.54, 1.807) is 16.8 Å². The Morgan fingerprint density at radius 2 is 2.29 bits per heavy atom. The van der Waals surface area contributed by atoms with Gasteiger partial charge in [0.05, 0.1) is 5.69 Å². The van der Waals surface area contributed by atoms with Gasteiger partial charge in [-0.15, -0.1) is 0 Å². The molecule has 0 atom stereocenters. The van der Waals surface area contributed by atoms with Gasteiger partial charge in [0.1, 0.15) is 0 Å². The van der Waals surface area contributed by atoms with Crippen molar-refractivity contribution in [3.05, 3.63) is 42.1 Å². The number of pyridine rings is 1. The van der Waals surface area contributed by atoms with E-state index in [4.69, 9.17) is 5.73 Å². The monoisotopic (exact) mass is 191 g/mol. The van der Waals surface area contributed by atoms with Gasteiger partial charge in [0.15, 0.2) is 11.5 Å². The summed E-state index contributed by atoms with van der Waals surface area (Å²) in [6.45, 7) is 5.37. The summed E-state index contributed by atoms with van der Waals surface area (Å²) in [6.07, 6.45) is 3.45. The lowest BCUT2D eigenvalue weighted by atomic mass is 10.2. The van der Waals surface area contributed by atoms with Gasteiger partial charge in [-0.25, -0.2) is 9.37 Å². The second kappa shape index (κ2) is 2.83. The van der Waals surface area contributed by atoms with E-state index in [0.29, 0.717) is 16.9 Å². The van der Waals surface area contributed by atoms with Gasteiger partial charge < -0.3 is 10.1 Å². The first-order valence-corrected chi connectivity index (χ1v) is 4.17. The summed E-state index contributed by atoms with van der Waals surface area (Å²) in [5, 5.41) is 0. The number of halogens is 1. The molecule has 0 bridgehead atoms. The lowest BCUT2D eigenvalue weighted by Crippen LogP contribution is -1.98. The Bertz CT molecular complexity index is 513. The Morgan fingerprint density at radius 1 is 1.57 bits per heavy atom. The Labute approximate surface area is 80.7 Å². The SMILES string of the molecule is C=C(N)c1cc(F)c2nc(C)cn2c1. The molecule has 0 radical (unpaired) electrons. The zero-order valence-electron chi connectivity index (χ0n) is 7.79. The van der Waals surface area contributed by atoms with Crippen LogP contribution >= 0.6 is 0 Å². The first-order valence-electron chi connectivity index (χ1n) is 4.17. The van der Waals surface area contributed by atoms with Crippen LogP contribution in [-0.2, 0) is 0 Å². The maximum atomic E-state index is 13.4. The van der Waals surface area contributed by atoms with Gasteiger partial charge in [0.2, 0.25) is 0 Å². The fourth-order valence-electron chi connectivity index (χ4n) is 1.36. The highest BCUT2D eigenvalue weighted by atomic mass is 19.1. The highest BCUT2D eigenvalue weighted by Crippen LogP contribution is 2.14. The zero-order chi connectivity index (χ0) is 10.3. The second-order valence-corrected chi connectivity index (χ2v) is 3.22. The number of hydrogen-bond acceptors (Lipinski definition) is 2. The average molecular weight is 191 g/mol. The molecule has 0 amide bonds. The molecular weight excluding hydrogens is 181 g/mol. The predicted molar refractivity (Wildman–Crippen MR) is 53.1 cm³/mol. The van der Waals surface area contributed by atoms with Crippen molar-refractivity contribution in [3.63, 3.8) is 0 Å². The van der Waals surface area contributed by atoms with E-state index >= 15 is 0 Å². The third kappa shape index (κ3) is 1.25. The fraction of sp³-hybridized carbons (Fsp3) is 0.100. The predicted octanol–water partition coefficient (Wildman–Crippen LogP) is 1.71. The minimum atomic E-state index is -0.387. The third-order valence-electron chi connectivity index (χ3n) is 2.00. The van der Waals surface area contributed by atoms with Crippen molar-refractivity contribution >= 4 is 11.3 Å². The zero-order valence-corrected chi connectivity index (χ0v) is 7.79. The summed E-state index contributed by atoms with van der Waals surface area (Å²) in [6, 6.07) is 1.34. The van der Waals surface area contributed by atoms with E-state index in [9.17, 15) is 4.39 Å². The normalized spacial score (nSPS) is 10.7. The van der Waals surface area contributed by atoms with Crippen molar-refractivity contribution in [2.75, 3.05) is 0 Å². The van der Waals surface area contributed by atoms with Crippen LogP contribution in [0.4, 0.5) is 4.39 Å². The van der Waals surface area contributed by atoms with Crippen LogP contribution in [0.15, 0.2) is 25.0 Å². The van der Waals surface area contributed by atoms with Crippen molar-refractivity contribution in [1.29, 1.82) is 0 Å². The van der Waals surface area contributed by atoms with Gasteiger partial charge in [-0.3, -0.25) is 0 Å². The molecule has 3 nitrogen and oxygen atoms in total. The molecule has 0 aliphatic rings. The minimum Gasteiger partial charge on any atom is -0.399 e. The molecule has 2 aromatic heterocycles. The molecular formula is C10H10FN3. The first-order chi connectivity index (χ1) is 6.58. The molecule has 0 spiro atoms. The van der Waals surface area contributed by atoms with Crippen molar-refractivity contribution in [2.45, 2.75) is 6.92 Å². The van der Waals surface area contributed by atoms with Crippen LogP contribution in [0, 0.1) is 12.7 Å². The van der Waals surface area contributed by atoms with Crippen molar-refractivity contribution in [2.24, 2.45) is 5.73 Å². The van der Waals surface area contributed by atoms with Gasteiger partial charge in [0, 0.05) is 23.7 Å². The largest absolute Gasteiger partial charge is 0.399 e. The number of aromatic nitrogens is 2. The summed E-state index contributed by atoms with van der Waals surface area (Å²) < 4.78 is 15.0. The average Bonchev–Trinajstić information content (AvgIpc) is 2.45. The van der Waals surface area contributed by atoms with E-state index in [0.717, 1.165) is 5.69 Å². The van der Waals surface area contributed by atoms with E-state index in [1.165, 1.54) is 6.07 Å². The quantitative estimate of drug-likeness (QED) is 0.745. The lowest BCUT2D eigenvalue weighted by molar-refractivity contribution is 0.629. The van der Waals surface area contributed by atoms with Crippen LogP contribution in [0.1, 0.15) is 11.3 Å². The van der Waals surface area contributed by atoms with Crippen molar-refractivity contribution in [1.82, 2.24) is 9.38 Å². The number of nitrogens with two attached hydrogens (primary N) is 1. The summed E-state index contributed by atoms with van der Waals surface area (Å²) in [4.78, 5) is 4.03. The molecule has 4 heteroatoms. The number of aryl methyl sites for hydroxylation is 1. The summed E-state index contributed by atoms with van der Waals surface area (Å²) in [5.41, 5.74) is 7.49. The van der Waals surface area contributed by atoms with Crippen molar-refractivity contribution < 1.29 is 4.39 Å². The van der Waals surface area contributed by atoms with Crippen LogP contribution in [0.2, 0.25) is 0 Å². The maximum Gasteiger partial charge on any atom is 0.173 e. The number of rotatable bonds is 1. The molecule has 0 fully saturated rings. The van der Waals surface area contributed by atoms with E-state index < -0.39 is 0 Å².